The highest BCUT2D eigenvalue weighted by molar-refractivity contribution is 9.10. The Morgan fingerprint density at radius 2 is 2.12 bits per heavy atom. The van der Waals surface area contributed by atoms with Gasteiger partial charge in [0, 0.05) is 10.9 Å². The van der Waals surface area contributed by atoms with E-state index in [1.807, 2.05) is 49.4 Å². The summed E-state index contributed by atoms with van der Waals surface area (Å²) in [6, 6.07) is 15.1. The lowest BCUT2D eigenvalue weighted by atomic mass is 10.1. The number of benzene rings is 2. The van der Waals surface area contributed by atoms with Crippen molar-refractivity contribution >= 4 is 50.6 Å². The Morgan fingerprint density at radius 3 is 2.92 bits per heavy atom. The number of nitrogens with one attached hydrogen (secondary N) is 1. The topological polar surface area (TPSA) is 63.6 Å². The van der Waals surface area contributed by atoms with Gasteiger partial charge in [0.1, 0.15) is 10.9 Å². The Labute approximate surface area is 164 Å². The summed E-state index contributed by atoms with van der Waals surface area (Å²) < 4.78 is 6.20. The van der Waals surface area contributed by atoms with E-state index in [1.165, 1.54) is 6.21 Å². The molecule has 132 valence electrons. The summed E-state index contributed by atoms with van der Waals surface area (Å²) >= 11 is 9.54. The smallest absolute Gasteiger partial charge is 0.277 e. The van der Waals surface area contributed by atoms with Crippen LogP contribution in [0.3, 0.4) is 0 Å². The van der Waals surface area contributed by atoms with Gasteiger partial charge >= 0.3 is 0 Å². The lowest BCUT2D eigenvalue weighted by Crippen LogP contribution is -2.24. The molecule has 0 fully saturated rings. The Kier molecular flexibility index (Phi) is 5.85. The van der Waals surface area contributed by atoms with Crippen LogP contribution >= 0.6 is 27.5 Å². The number of hydrogen-bond acceptors (Lipinski definition) is 4. The first-order valence-corrected chi connectivity index (χ1v) is 8.96. The van der Waals surface area contributed by atoms with E-state index >= 15 is 0 Å². The first-order valence-electron chi connectivity index (χ1n) is 7.79. The van der Waals surface area contributed by atoms with Crippen LogP contribution in [0.25, 0.3) is 10.9 Å². The van der Waals surface area contributed by atoms with Gasteiger partial charge in [0.2, 0.25) is 0 Å². The second-order valence-electron chi connectivity index (χ2n) is 5.58. The summed E-state index contributed by atoms with van der Waals surface area (Å²) in [5.74, 6) is 0.209. The van der Waals surface area contributed by atoms with Crippen LogP contribution in [0.1, 0.15) is 11.1 Å². The number of halogens is 2. The van der Waals surface area contributed by atoms with E-state index in [-0.39, 0.29) is 12.5 Å². The average molecular weight is 433 g/mol. The van der Waals surface area contributed by atoms with Gasteiger partial charge in [-0.2, -0.15) is 5.10 Å². The molecule has 3 aromatic rings. The highest BCUT2D eigenvalue weighted by Gasteiger charge is 2.06. The zero-order valence-corrected chi connectivity index (χ0v) is 16.2. The number of ether oxygens (including phenoxy) is 1. The van der Waals surface area contributed by atoms with Crippen LogP contribution in [-0.2, 0) is 4.79 Å². The molecule has 0 aliphatic carbocycles. The van der Waals surface area contributed by atoms with Crippen molar-refractivity contribution in [1.82, 2.24) is 10.4 Å². The van der Waals surface area contributed by atoms with Crippen molar-refractivity contribution in [3.63, 3.8) is 0 Å². The van der Waals surface area contributed by atoms with E-state index in [4.69, 9.17) is 16.3 Å². The second-order valence-corrected chi connectivity index (χ2v) is 6.79. The molecular weight excluding hydrogens is 418 g/mol. The molecule has 1 N–H and O–H groups in total. The molecule has 0 aliphatic rings. The van der Waals surface area contributed by atoms with E-state index < -0.39 is 0 Å². The fourth-order valence-electron chi connectivity index (χ4n) is 2.27. The second kappa shape index (κ2) is 8.29. The third kappa shape index (κ3) is 4.59. The minimum Gasteiger partial charge on any atom is -0.483 e. The number of carbonyl (C=O) groups excluding carboxylic acids is 1. The van der Waals surface area contributed by atoms with Gasteiger partial charge in [0.05, 0.1) is 16.2 Å². The third-order valence-electron chi connectivity index (χ3n) is 3.54. The molecule has 1 heterocycles. The summed E-state index contributed by atoms with van der Waals surface area (Å²) in [6.07, 6.45) is 1.46. The maximum Gasteiger partial charge on any atom is 0.277 e. The molecule has 0 saturated heterocycles. The van der Waals surface area contributed by atoms with Gasteiger partial charge in [0.15, 0.2) is 6.61 Å². The number of carbonyl (C=O) groups is 1. The van der Waals surface area contributed by atoms with E-state index in [1.54, 1.807) is 6.07 Å². The molecule has 0 spiro atoms. The highest BCUT2D eigenvalue weighted by Crippen LogP contribution is 2.23. The van der Waals surface area contributed by atoms with Gasteiger partial charge < -0.3 is 4.74 Å². The molecule has 0 bridgehead atoms. The quantitative estimate of drug-likeness (QED) is 0.367. The molecule has 5 nitrogen and oxygen atoms in total. The number of para-hydroxylation sites is 1. The van der Waals surface area contributed by atoms with Crippen molar-refractivity contribution in [1.29, 1.82) is 0 Å². The summed E-state index contributed by atoms with van der Waals surface area (Å²) in [5.41, 5.74) is 4.96. The van der Waals surface area contributed by atoms with Crippen molar-refractivity contribution in [3.8, 4) is 5.75 Å². The first-order chi connectivity index (χ1) is 12.5. The highest BCUT2D eigenvalue weighted by atomic mass is 79.9. The van der Waals surface area contributed by atoms with Gasteiger partial charge in [-0.25, -0.2) is 10.4 Å². The molecular formula is C19H15BrClN3O2. The molecule has 26 heavy (non-hydrogen) atoms. The molecule has 0 saturated carbocycles. The fraction of sp³-hybridized carbons (Fsp3) is 0.105. The zero-order chi connectivity index (χ0) is 18.5. The maximum absolute atomic E-state index is 11.8. The Hall–Kier alpha value is -2.44. The summed E-state index contributed by atoms with van der Waals surface area (Å²) in [6.45, 7) is 1.85. The van der Waals surface area contributed by atoms with Gasteiger partial charge in [-0.05, 0) is 52.7 Å². The van der Waals surface area contributed by atoms with Gasteiger partial charge in [0.25, 0.3) is 5.91 Å². The molecule has 1 aromatic heterocycles. The minimum absolute atomic E-state index is 0.150. The van der Waals surface area contributed by atoms with E-state index in [9.17, 15) is 4.79 Å². The monoisotopic (exact) mass is 431 g/mol. The van der Waals surface area contributed by atoms with Crippen molar-refractivity contribution in [2.24, 2.45) is 5.10 Å². The number of aryl methyl sites for hydroxylation is 1. The van der Waals surface area contributed by atoms with Crippen LogP contribution in [-0.4, -0.2) is 23.7 Å². The normalized spacial score (nSPS) is 11.0. The predicted molar refractivity (Wildman–Crippen MR) is 107 cm³/mol. The molecule has 0 unspecified atom stereocenters. The fourth-order valence-corrected chi connectivity index (χ4v) is 2.87. The molecule has 0 atom stereocenters. The molecule has 1 amide bonds. The lowest BCUT2D eigenvalue weighted by Gasteiger charge is -2.06. The molecule has 7 heteroatoms. The van der Waals surface area contributed by atoms with E-state index in [2.05, 4.69) is 31.4 Å². The van der Waals surface area contributed by atoms with Crippen LogP contribution in [0.4, 0.5) is 0 Å². The Morgan fingerprint density at radius 1 is 1.31 bits per heavy atom. The Bertz CT molecular complexity index is 992. The van der Waals surface area contributed by atoms with E-state index in [0.29, 0.717) is 16.5 Å². The zero-order valence-electron chi connectivity index (χ0n) is 13.9. The SMILES string of the molecule is Cc1ccc2cc(/C=N/NC(=O)COc3ccccc3Br)c(Cl)nc2c1. The van der Waals surface area contributed by atoms with Crippen LogP contribution in [0.2, 0.25) is 5.15 Å². The summed E-state index contributed by atoms with van der Waals surface area (Å²) in [4.78, 5) is 16.2. The van der Waals surface area contributed by atoms with Crippen molar-refractivity contribution < 1.29 is 9.53 Å². The number of hydrogen-bond donors (Lipinski definition) is 1. The number of aromatic nitrogens is 1. The average Bonchev–Trinajstić information content (AvgIpc) is 2.61. The Balaban J connectivity index is 1.62. The number of fused-ring (bicyclic) bond motifs is 1. The van der Waals surface area contributed by atoms with E-state index in [0.717, 1.165) is 20.9 Å². The number of nitrogens with zero attached hydrogens (tertiary/aromatic N) is 2. The van der Waals surface area contributed by atoms with Gasteiger partial charge in [-0.1, -0.05) is 35.9 Å². The van der Waals surface area contributed by atoms with Crippen LogP contribution in [0.15, 0.2) is 58.1 Å². The molecule has 0 radical (unpaired) electrons. The summed E-state index contributed by atoms with van der Waals surface area (Å²) in [7, 11) is 0. The number of hydrazone groups is 1. The van der Waals surface area contributed by atoms with Gasteiger partial charge in [-0.15, -0.1) is 0 Å². The van der Waals surface area contributed by atoms with Crippen molar-refractivity contribution in [3.05, 3.63) is 69.3 Å². The third-order valence-corrected chi connectivity index (χ3v) is 4.50. The largest absolute Gasteiger partial charge is 0.483 e. The molecule has 3 rings (SSSR count). The van der Waals surface area contributed by atoms with Crippen LogP contribution in [0, 0.1) is 6.92 Å². The molecule has 2 aromatic carbocycles. The maximum atomic E-state index is 11.8. The van der Waals surface area contributed by atoms with Crippen LogP contribution in [0.5, 0.6) is 5.75 Å². The minimum atomic E-state index is -0.377. The number of rotatable bonds is 5. The summed E-state index contributed by atoms with van der Waals surface area (Å²) in [5, 5.41) is 5.19. The van der Waals surface area contributed by atoms with Crippen molar-refractivity contribution in [2.75, 3.05) is 6.61 Å². The number of amides is 1. The van der Waals surface area contributed by atoms with Gasteiger partial charge in [-0.3, -0.25) is 4.79 Å². The lowest BCUT2D eigenvalue weighted by molar-refractivity contribution is -0.123. The van der Waals surface area contributed by atoms with Crippen molar-refractivity contribution in [2.45, 2.75) is 6.92 Å². The predicted octanol–water partition coefficient (Wildman–Crippen LogP) is 4.49. The molecule has 0 aliphatic heterocycles. The standard InChI is InChI=1S/C19H15BrClN3O2/c1-12-6-7-13-9-14(19(21)23-16(13)8-12)10-22-24-18(25)11-26-17-5-3-2-4-15(17)20/h2-10H,11H2,1H3,(H,24,25)/b22-10+. The van der Waals surface area contributed by atoms with Crippen LogP contribution < -0.4 is 10.2 Å². The number of pyridine rings is 1. The first kappa shape index (κ1) is 18.4.